The number of pyridine rings is 1. The third-order valence-corrected chi connectivity index (χ3v) is 3.58. The number of hydrogen-bond acceptors (Lipinski definition) is 2. The molecule has 1 heterocycles. The van der Waals surface area contributed by atoms with Gasteiger partial charge in [-0.1, -0.05) is 24.3 Å². The van der Waals surface area contributed by atoms with Crippen LogP contribution in [0.15, 0.2) is 41.3 Å². The summed E-state index contributed by atoms with van der Waals surface area (Å²) in [6, 6.07) is 9.41. The lowest BCUT2D eigenvalue weighted by atomic mass is 10.1. The molecule has 0 aliphatic carbocycles. The Bertz CT molecular complexity index is 704. The lowest BCUT2D eigenvalue weighted by Gasteiger charge is -2.21. The molecule has 0 unspecified atom stereocenters. The maximum atomic E-state index is 12.5. The van der Waals surface area contributed by atoms with Gasteiger partial charge >= 0.3 is 0 Å². The molecule has 0 fully saturated rings. The zero-order chi connectivity index (χ0) is 15.4. The SMILES string of the molecule is CCN(Cc1ccccc1C)C(=O)c1c[nH]c(C)cc1=O. The Hall–Kier alpha value is -2.36. The molecule has 2 rings (SSSR count). The van der Waals surface area contributed by atoms with Gasteiger partial charge in [-0.15, -0.1) is 0 Å². The van der Waals surface area contributed by atoms with Gasteiger partial charge in [-0.05, 0) is 31.9 Å². The van der Waals surface area contributed by atoms with Gasteiger partial charge in [-0.25, -0.2) is 0 Å². The molecule has 0 spiro atoms. The van der Waals surface area contributed by atoms with E-state index in [1.165, 1.54) is 12.3 Å². The number of aromatic nitrogens is 1. The number of nitrogens with one attached hydrogen (secondary N) is 1. The normalized spacial score (nSPS) is 10.4. The summed E-state index contributed by atoms with van der Waals surface area (Å²) in [5, 5.41) is 0. The van der Waals surface area contributed by atoms with Crippen LogP contribution in [0.4, 0.5) is 0 Å². The Kier molecular flexibility index (Phi) is 4.58. The number of rotatable bonds is 4. The van der Waals surface area contributed by atoms with Gasteiger partial charge in [0.05, 0.1) is 0 Å². The predicted molar refractivity (Wildman–Crippen MR) is 83.4 cm³/mol. The minimum absolute atomic E-state index is 0.191. The van der Waals surface area contributed by atoms with E-state index in [0.29, 0.717) is 13.1 Å². The van der Waals surface area contributed by atoms with E-state index in [2.05, 4.69) is 4.98 Å². The molecular formula is C17H20N2O2. The lowest BCUT2D eigenvalue weighted by Crippen LogP contribution is -2.34. The van der Waals surface area contributed by atoms with Gasteiger partial charge < -0.3 is 9.88 Å². The van der Waals surface area contributed by atoms with Crippen molar-refractivity contribution in [1.82, 2.24) is 9.88 Å². The molecule has 0 bridgehead atoms. The van der Waals surface area contributed by atoms with Gasteiger partial charge in [0.1, 0.15) is 5.56 Å². The van der Waals surface area contributed by atoms with Crippen molar-refractivity contribution in [2.45, 2.75) is 27.3 Å². The second-order valence-electron chi connectivity index (χ2n) is 5.14. The minimum Gasteiger partial charge on any atom is -0.364 e. The fourth-order valence-electron chi connectivity index (χ4n) is 2.23. The highest BCUT2D eigenvalue weighted by atomic mass is 16.2. The fraction of sp³-hybridized carbons (Fsp3) is 0.294. The number of benzene rings is 1. The third kappa shape index (κ3) is 3.40. The summed E-state index contributed by atoms with van der Waals surface area (Å²) in [5.41, 5.74) is 2.94. The molecule has 110 valence electrons. The standard InChI is InChI=1S/C17H20N2O2/c1-4-19(11-14-8-6-5-7-12(14)2)17(21)15-10-18-13(3)9-16(15)20/h5-10H,4,11H2,1-3H3,(H,18,20). The van der Waals surface area contributed by atoms with Crippen molar-refractivity contribution in [2.24, 2.45) is 0 Å². The Morgan fingerprint density at radius 3 is 2.57 bits per heavy atom. The highest BCUT2D eigenvalue weighted by molar-refractivity contribution is 5.93. The molecule has 4 heteroatoms. The molecule has 0 radical (unpaired) electrons. The minimum atomic E-state index is -0.237. The monoisotopic (exact) mass is 284 g/mol. The van der Waals surface area contributed by atoms with Crippen LogP contribution in [-0.4, -0.2) is 22.3 Å². The molecule has 0 saturated heterocycles. The van der Waals surface area contributed by atoms with E-state index in [-0.39, 0.29) is 16.9 Å². The summed E-state index contributed by atoms with van der Waals surface area (Å²) >= 11 is 0. The Morgan fingerprint density at radius 2 is 1.95 bits per heavy atom. The first-order valence-corrected chi connectivity index (χ1v) is 7.06. The summed E-state index contributed by atoms with van der Waals surface area (Å²) in [6.45, 7) is 6.79. The number of H-pyrrole nitrogens is 1. The zero-order valence-electron chi connectivity index (χ0n) is 12.6. The van der Waals surface area contributed by atoms with Crippen LogP contribution in [0, 0.1) is 13.8 Å². The first kappa shape index (κ1) is 15.0. The first-order valence-electron chi connectivity index (χ1n) is 7.06. The lowest BCUT2D eigenvalue weighted by molar-refractivity contribution is 0.0750. The second kappa shape index (κ2) is 6.39. The summed E-state index contributed by atoms with van der Waals surface area (Å²) in [6.07, 6.45) is 1.50. The van der Waals surface area contributed by atoms with Crippen LogP contribution in [0.2, 0.25) is 0 Å². The van der Waals surface area contributed by atoms with E-state index >= 15 is 0 Å². The van der Waals surface area contributed by atoms with E-state index in [9.17, 15) is 9.59 Å². The smallest absolute Gasteiger partial charge is 0.259 e. The van der Waals surface area contributed by atoms with Gasteiger partial charge in [0.2, 0.25) is 0 Å². The molecule has 0 aliphatic rings. The molecule has 2 aromatic rings. The van der Waals surface area contributed by atoms with Crippen molar-refractivity contribution in [3.05, 3.63) is 69.1 Å². The number of hydrogen-bond donors (Lipinski definition) is 1. The molecule has 0 saturated carbocycles. The molecule has 1 amide bonds. The van der Waals surface area contributed by atoms with Gasteiger partial charge in [0.25, 0.3) is 5.91 Å². The zero-order valence-corrected chi connectivity index (χ0v) is 12.6. The number of nitrogens with zero attached hydrogens (tertiary/aromatic N) is 1. The number of carbonyl (C=O) groups excluding carboxylic acids is 1. The van der Waals surface area contributed by atoms with Crippen molar-refractivity contribution in [2.75, 3.05) is 6.54 Å². The summed E-state index contributed by atoms with van der Waals surface area (Å²) in [4.78, 5) is 29.1. The Morgan fingerprint density at radius 1 is 1.24 bits per heavy atom. The summed E-state index contributed by atoms with van der Waals surface area (Å²) in [7, 11) is 0. The van der Waals surface area contributed by atoms with E-state index in [4.69, 9.17) is 0 Å². The highest BCUT2D eigenvalue weighted by Crippen LogP contribution is 2.12. The molecule has 0 atom stereocenters. The van der Waals surface area contributed by atoms with Crippen molar-refractivity contribution >= 4 is 5.91 Å². The van der Waals surface area contributed by atoms with Crippen molar-refractivity contribution in [1.29, 1.82) is 0 Å². The molecule has 21 heavy (non-hydrogen) atoms. The largest absolute Gasteiger partial charge is 0.364 e. The number of carbonyl (C=O) groups is 1. The van der Waals surface area contributed by atoms with Gasteiger partial charge in [0, 0.05) is 31.0 Å². The number of aryl methyl sites for hydroxylation is 2. The van der Waals surface area contributed by atoms with Crippen LogP contribution in [0.5, 0.6) is 0 Å². The predicted octanol–water partition coefficient (Wildman–Crippen LogP) is 2.65. The Labute approximate surface area is 124 Å². The van der Waals surface area contributed by atoms with Crippen LogP contribution in [0.1, 0.15) is 34.1 Å². The molecule has 0 aliphatic heterocycles. The average Bonchev–Trinajstić information content (AvgIpc) is 2.46. The fourth-order valence-corrected chi connectivity index (χ4v) is 2.23. The number of amides is 1. The van der Waals surface area contributed by atoms with Gasteiger partial charge in [0.15, 0.2) is 5.43 Å². The molecular weight excluding hydrogens is 264 g/mol. The van der Waals surface area contributed by atoms with Crippen molar-refractivity contribution < 1.29 is 4.79 Å². The first-order chi connectivity index (χ1) is 10.0. The van der Waals surface area contributed by atoms with Gasteiger partial charge in [-0.3, -0.25) is 9.59 Å². The van der Waals surface area contributed by atoms with Crippen LogP contribution in [0.3, 0.4) is 0 Å². The maximum absolute atomic E-state index is 12.5. The Balaban J connectivity index is 2.27. The van der Waals surface area contributed by atoms with Crippen LogP contribution in [-0.2, 0) is 6.54 Å². The summed E-state index contributed by atoms with van der Waals surface area (Å²) < 4.78 is 0. The van der Waals surface area contributed by atoms with E-state index < -0.39 is 0 Å². The molecule has 1 aromatic carbocycles. The average molecular weight is 284 g/mol. The van der Waals surface area contributed by atoms with Gasteiger partial charge in [-0.2, -0.15) is 0 Å². The van der Waals surface area contributed by atoms with Crippen molar-refractivity contribution in [3.8, 4) is 0 Å². The van der Waals surface area contributed by atoms with Crippen LogP contribution < -0.4 is 5.43 Å². The van der Waals surface area contributed by atoms with E-state index in [0.717, 1.165) is 16.8 Å². The maximum Gasteiger partial charge on any atom is 0.259 e. The quantitative estimate of drug-likeness (QED) is 0.938. The second-order valence-corrected chi connectivity index (χ2v) is 5.14. The van der Waals surface area contributed by atoms with E-state index in [1.54, 1.807) is 11.8 Å². The third-order valence-electron chi connectivity index (χ3n) is 3.58. The number of aromatic amines is 1. The topological polar surface area (TPSA) is 53.2 Å². The van der Waals surface area contributed by atoms with Crippen LogP contribution >= 0.6 is 0 Å². The highest BCUT2D eigenvalue weighted by Gasteiger charge is 2.18. The molecule has 1 N–H and O–H groups in total. The summed E-state index contributed by atoms with van der Waals surface area (Å²) in [5.74, 6) is -0.234. The molecule has 1 aromatic heterocycles. The molecule has 4 nitrogen and oxygen atoms in total. The van der Waals surface area contributed by atoms with Crippen LogP contribution in [0.25, 0.3) is 0 Å². The van der Waals surface area contributed by atoms with Crippen molar-refractivity contribution in [3.63, 3.8) is 0 Å². The van der Waals surface area contributed by atoms with E-state index in [1.807, 2.05) is 38.1 Å².